The molecule has 0 fully saturated rings. The summed E-state index contributed by atoms with van der Waals surface area (Å²) in [5, 5.41) is 12.1. The van der Waals surface area contributed by atoms with Crippen molar-refractivity contribution >= 4 is 39.4 Å². The van der Waals surface area contributed by atoms with Crippen molar-refractivity contribution in [1.82, 2.24) is 24.9 Å². The maximum absolute atomic E-state index is 14.4. The number of nitrogens with one attached hydrogen (secondary N) is 2. The minimum Gasteiger partial charge on any atom is -0.497 e. The van der Waals surface area contributed by atoms with Crippen molar-refractivity contribution in [3.63, 3.8) is 0 Å². The number of hydrogen-bond donors (Lipinski definition) is 2. The van der Waals surface area contributed by atoms with E-state index >= 15 is 0 Å². The number of aromatic nitrogens is 4. The van der Waals surface area contributed by atoms with E-state index in [0.717, 1.165) is 10.9 Å². The van der Waals surface area contributed by atoms with Gasteiger partial charge in [-0.05, 0) is 48.0 Å². The van der Waals surface area contributed by atoms with Crippen LogP contribution < -0.4 is 14.8 Å². The Balaban J connectivity index is 1.45. The van der Waals surface area contributed by atoms with Gasteiger partial charge < -0.3 is 24.7 Å². The maximum atomic E-state index is 14.4. The number of carbonyl (C=O) groups excluding carboxylic acids is 2. The largest absolute Gasteiger partial charge is 0.497 e. The average molecular weight is 593 g/mol. The van der Waals surface area contributed by atoms with Crippen molar-refractivity contribution < 1.29 is 23.5 Å². The molecule has 4 aromatic carbocycles. The van der Waals surface area contributed by atoms with Gasteiger partial charge in [-0.3, -0.25) is 9.59 Å². The number of rotatable bonds is 10. The van der Waals surface area contributed by atoms with Crippen LogP contribution in [-0.2, 0) is 22.7 Å². The molecule has 2 amide bonds. The van der Waals surface area contributed by atoms with Crippen molar-refractivity contribution in [3.8, 4) is 11.5 Å². The Morgan fingerprint density at radius 1 is 0.977 bits per heavy atom. The molecule has 0 aliphatic rings. The monoisotopic (exact) mass is 592 g/mol. The summed E-state index contributed by atoms with van der Waals surface area (Å²) in [4.78, 5) is 33.4. The van der Waals surface area contributed by atoms with Crippen molar-refractivity contribution in [1.29, 1.82) is 0 Å². The highest BCUT2D eigenvalue weighted by atomic mass is 19.1. The zero-order valence-electron chi connectivity index (χ0n) is 24.0. The number of H-pyrrole nitrogens is 1. The highest BCUT2D eigenvalue weighted by molar-refractivity contribution is 6.01. The fourth-order valence-electron chi connectivity index (χ4n) is 5.24. The van der Waals surface area contributed by atoms with Gasteiger partial charge in [0.1, 0.15) is 35.4 Å². The molecule has 0 saturated carbocycles. The summed E-state index contributed by atoms with van der Waals surface area (Å²) in [6.45, 7) is -0.164. The molecule has 6 rings (SSSR count). The van der Waals surface area contributed by atoms with E-state index in [0.29, 0.717) is 39.3 Å². The molecular formula is C33H29FN6O4. The molecule has 1 atom stereocenters. The Labute approximate surface area is 252 Å². The maximum Gasteiger partial charge on any atom is 0.252 e. The van der Waals surface area contributed by atoms with Gasteiger partial charge in [0.25, 0.3) is 5.91 Å². The highest BCUT2D eigenvalue weighted by Crippen LogP contribution is 2.34. The number of benzene rings is 4. The Morgan fingerprint density at radius 3 is 2.55 bits per heavy atom. The molecule has 44 heavy (non-hydrogen) atoms. The highest BCUT2D eigenvalue weighted by Gasteiger charge is 2.34. The van der Waals surface area contributed by atoms with Crippen molar-refractivity contribution in [2.45, 2.75) is 19.1 Å². The van der Waals surface area contributed by atoms with Crippen LogP contribution in [0.25, 0.3) is 21.9 Å². The number of amides is 2. The van der Waals surface area contributed by atoms with E-state index in [4.69, 9.17) is 9.47 Å². The number of halogens is 1. The third kappa shape index (κ3) is 5.67. The number of fused-ring (bicyclic) bond motifs is 2. The Kier molecular flexibility index (Phi) is 7.92. The fraction of sp³-hybridized carbons (Fsp3) is 0.152. The van der Waals surface area contributed by atoms with Crippen LogP contribution in [0.4, 0.5) is 10.1 Å². The second-order valence-electron chi connectivity index (χ2n) is 10.1. The lowest BCUT2D eigenvalue weighted by Gasteiger charge is -2.31. The number of anilines is 1. The third-order valence-corrected chi connectivity index (χ3v) is 7.43. The molecule has 2 heterocycles. The Morgan fingerprint density at radius 2 is 1.75 bits per heavy atom. The number of hydrogen-bond acceptors (Lipinski definition) is 6. The number of methoxy groups -OCH3 is 2. The summed E-state index contributed by atoms with van der Waals surface area (Å²) < 4.78 is 26.2. The summed E-state index contributed by atoms with van der Waals surface area (Å²) in [6, 6.07) is 24.6. The minimum atomic E-state index is -1.11. The first-order chi connectivity index (χ1) is 21.4. The van der Waals surface area contributed by atoms with E-state index in [1.165, 1.54) is 35.9 Å². The molecule has 0 saturated heterocycles. The molecule has 10 nitrogen and oxygen atoms in total. The van der Waals surface area contributed by atoms with Crippen LogP contribution in [-0.4, -0.2) is 50.9 Å². The van der Waals surface area contributed by atoms with Crippen LogP contribution in [0.15, 0.2) is 97.2 Å². The molecule has 222 valence electrons. The van der Waals surface area contributed by atoms with E-state index in [1.807, 2.05) is 48.5 Å². The van der Waals surface area contributed by atoms with Crippen LogP contribution in [0.3, 0.4) is 0 Å². The molecule has 0 aliphatic carbocycles. The molecule has 2 N–H and O–H groups in total. The first-order valence-electron chi connectivity index (χ1n) is 13.9. The molecule has 0 radical (unpaired) electrons. The van der Waals surface area contributed by atoms with Gasteiger partial charge in [0.2, 0.25) is 5.91 Å². The first kappa shape index (κ1) is 28.4. The lowest BCUT2D eigenvalue weighted by molar-refractivity contribution is -0.140. The molecule has 11 heteroatoms. The number of carbonyl (C=O) groups is 2. The SMILES string of the molecule is COc1ccc(NC(=O)C(c2c[nH]c3ccccc23)N(Cc2ccc(F)cc2)C(=O)Cn2nnc3ccccc32)c(OC)c1. The predicted octanol–water partition coefficient (Wildman–Crippen LogP) is 5.48. The fourth-order valence-corrected chi connectivity index (χ4v) is 5.24. The van der Waals surface area contributed by atoms with E-state index in [-0.39, 0.29) is 13.1 Å². The number of nitrogens with zero attached hydrogens (tertiary/aromatic N) is 4. The molecule has 6 aromatic rings. The third-order valence-electron chi connectivity index (χ3n) is 7.43. The summed E-state index contributed by atoms with van der Waals surface area (Å²) in [6.07, 6.45) is 1.73. The van der Waals surface area contributed by atoms with Crippen LogP contribution in [0.1, 0.15) is 17.2 Å². The second kappa shape index (κ2) is 12.3. The molecule has 1 unspecified atom stereocenters. The molecule has 0 spiro atoms. The smallest absolute Gasteiger partial charge is 0.252 e. The summed E-state index contributed by atoms with van der Waals surface area (Å²) in [5.41, 5.74) is 3.76. The van der Waals surface area contributed by atoms with Gasteiger partial charge in [-0.15, -0.1) is 5.10 Å². The van der Waals surface area contributed by atoms with E-state index in [1.54, 1.807) is 36.5 Å². The Hall–Kier alpha value is -5.71. The number of aromatic amines is 1. The van der Waals surface area contributed by atoms with Crippen LogP contribution >= 0.6 is 0 Å². The van der Waals surface area contributed by atoms with Crippen LogP contribution in [0.2, 0.25) is 0 Å². The van der Waals surface area contributed by atoms with Crippen molar-refractivity contribution in [3.05, 3.63) is 114 Å². The zero-order chi connectivity index (χ0) is 30.6. The topological polar surface area (TPSA) is 114 Å². The van der Waals surface area contributed by atoms with E-state index in [9.17, 15) is 14.0 Å². The average Bonchev–Trinajstić information content (AvgIpc) is 3.66. The van der Waals surface area contributed by atoms with Crippen molar-refractivity contribution in [2.75, 3.05) is 19.5 Å². The van der Waals surface area contributed by atoms with Crippen LogP contribution in [0.5, 0.6) is 11.5 Å². The quantitative estimate of drug-likeness (QED) is 0.218. The van der Waals surface area contributed by atoms with E-state index in [2.05, 4.69) is 20.6 Å². The number of para-hydroxylation sites is 2. The van der Waals surface area contributed by atoms with Gasteiger partial charge in [-0.2, -0.15) is 0 Å². The van der Waals surface area contributed by atoms with Gasteiger partial charge in [-0.25, -0.2) is 9.07 Å². The lowest BCUT2D eigenvalue weighted by Crippen LogP contribution is -2.42. The number of ether oxygens (including phenoxy) is 2. The predicted molar refractivity (Wildman–Crippen MR) is 164 cm³/mol. The summed E-state index contributed by atoms with van der Waals surface area (Å²) in [5.74, 6) is -0.324. The van der Waals surface area contributed by atoms with Gasteiger partial charge >= 0.3 is 0 Å². The van der Waals surface area contributed by atoms with Crippen LogP contribution in [0, 0.1) is 5.82 Å². The standard InChI is InChI=1S/C33H29FN6O4/c1-43-23-15-16-28(30(17-23)44-2)36-33(42)32(25-18-35-26-8-4-3-7-24(25)26)39(19-21-11-13-22(34)14-12-21)31(41)20-40-29-10-6-5-9-27(29)37-38-40/h3-18,32,35H,19-20H2,1-2H3,(H,36,42). The second-order valence-corrected chi connectivity index (χ2v) is 10.1. The lowest BCUT2D eigenvalue weighted by atomic mass is 10.0. The van der Waals surface area contributed by atoms with Gasteiger partial charge in [0.05, 0.1) is 25.4 Å². The molecular weight excluding hydrogens is 563 g/mol. The van der Waals surface area contributed by atoms with Gasteiger partial charge in [-0.1, -0.05) is 47.7 Å². The first-order valence-corrected chi connectivity index (χ1v) is 13.9. The van der Waals surface area contributed by atoms with Gasteiger partial charge in [0, 0.05) is 35.3 Å². The van der Waals surface area contributed by atoms with Crippen molar-refractivity contribution in [2.24, 2.45) is 0 Å². The Bertz CT molecular complexity index is 1950. The summed E-state index contributed by atoms with van der Waals surface area (Å²) in [7, 11) is 3.03. The molecule has 0 aliphatic heterocycles. The normalized spacial score (nSPS) is 11.8. The molecule has 2 aromatic heterocycles. The molecule has 0 bridgehead atoms. The van der Waals surface area contributed by atoms with E-state index < -0.39 is 23.7 Å². The summed E-state index contributed by atoms with van der Waals surface area (Å²) >= 11 is 0. The minimum absolute atomic E-state index is 0.0169. The zero-order valence-corrected chi connectivity index (χ0v) is 24.0. The van der Waals surface area contributed by atoms with Gasteiger partial charge in [0.15, 0.2) is 0 Å².